The lowest BCUT2D eigenvalue weighted by atomic mass is 9.88. The fourth-order valence-corrected chi connectivity index (χ4v) is 3.99. The van der Waals surface area contributed by atoms with E-state index in [1.54, 1.807) is 16.7 Å². The molecule has 6 heteroatoms. The number of thiazole rings is 1. The lowest BCUT2D eigenvalue weighted by Crippen LogP contribution is -2.59. The zero-order valence-electron chi connectivity index (χ0n) is 12.2. The number of piperidine rings is 1. The molecule has 2 rings (SSSR count). The number of likely N-dealkylation sites (tertiary alicyclic amines) is 1. The Kier molecular flexibility index (Phi) is 4.55. The fourth-order valence-electron chi connectivity index (χ4n) is 3.07. The summed E-state index contributed by atoms with van der Waals surface area (Å²) in [7, 11) is 3.40. The van der Waals surface area contributed by atoms with E-state index in [1.807, 2.05) is 7.05 Å². The average Bonchev–Trinajstić information content (AvgIpc) is 2.95. The molecule has 0 bridgehead atoms. The Bertz CT molecular complexity index is 502. The Morgan fingerprint density at radius 1 is 1.65 bits per heavy atom. The van der Waals surface area contributed by atoms with Crippen LogP contribution in [0.4, 0.5) is 4.79 Å². The molecule has 0 saturated carbocycles. The molecule has 1 aromatic heterocycles. The Morgan fingerprint density at radius 2 is 2.40 bits per heavy atom. The summed E-state index contributed by atoms with van der Waals surface area (Å²) in [6, 6.07) is 0.241. The van der Waals surface area contributed by atoms with Gasteiger partial charge in [0.25, 0.3) is 0 Å². The minimum atomic E-state index is -0.164. The first kappa shape index (κ1) is 15.1. The summed E-state index contributed by atoms with van der Waals surface area (Å²) in [6.45, 7) is 2.86. The van der Waals surface area contributed by atoms with E-state index in [-0.39, 0.29) is 12.1 Å². The standard InChI is InChI=1S/C14H21N2O3S/c1-4-12-7-10(13-15-11(8-17)9-20-13)5-6-16(12,2)14(18)19-3/h8-10,12H,4-7H2,1-3H3/q+1. The van der Waals surface area contributed by atoms with Crippen LogP contribution in [0.25, 0.3) is 0 Å². The van der Waals surface area contributed by atoms with Gasteiger partial charge in [-0.25, -0.2) is 9.47 Å². The maximum atomic E-state index is 12.0. The van der Waals surface area contributed by atoms with Crippen molar-refractivity contribution in [3.63, 3.8) is 0 Å². The summed E-state index contributed by atoms with van der Waals surface area (Å²) in [4.78, 5) is 27.1. The molecule has 1 fully saturated rings. The number of hydrogen-bond acceptors (Lipinski definition) is 5. The van der Waals surface area contributed by atoms with Crippen LogP contribution in [0.15, 0.2) is 5.38 Å². The summed E-state index contributed by atoms with van der Waals surface area (Å²) in [5.41, 5.74) is 0.508. The van der Waals surface area contributed by atoms with Crippen molar-refractivity contribution in [2.45, 2.75) is 38.1 Å². The molecule has 1 amide bonds. The first-order chi connectivity index (χ1) is 9.55. The molecule has 0 aliphatic carbocycles. The summed E-state index contributed by atoms with van der Waals surface area (Å²) >= 11 is 1.54. The van der Waals surface area contributed by atoms with Crippen LogP contribution < -0.4 is 0 Å². The molecule has 0 aromatic carbocycles. The molecule has 20 heavy (non-hydrogen) atoms. The van der Waals surface area contributed by atoms with Gasteiger partial charge in [0.1, 0.15) is 5.69 Å². The minimum absolute atomic E-state index is 0.164. The van der Waals surface area contributed by atoms with Crippen molar-refractivity contribution in [1.82, 2.24) is 4.98 Å². The molecular weight excluding hydrogens is 276 g/mol. The number of rotatable bonds is 3. The molecule has 2 heterocycles. The van der Waals surface area contributed by atoms with Crippen LogP contribution in [0.2, 0.25) is 0 Å². The van der Waals surface area contributed by atoms with Crippen molar-refractivity contribution in [1.29, 1.82) is 0 Å². The Morgan fingerprint density at radius 3 is 2.95 bits per heavy atom. The van der Waals surface area contributed by atoms with Gasteiger partial charge in [-0.05, 0) is 6.42 Å². The summed E-state index contributed by atoms with van der Waals surface area (Å²) < 4.78 is 5.30. The van der Waals surface area contributed by atoms with E-state index in [4.69, 9.17) is 4.74 Å². The largest absolute Gasteiger partial charge is 0.515 e. The van der Waals surface area contributed by atoms with Crippen LogP contribution in [0.5, 0.6) is 0 Å². The highest BCUT2D eigenvalue weighted by atomic mass is 32.1. The van der Waals surface area contributed by atoms with E-state index in [2.05, 4.69) is 11.9 Å². The van der Waals surface area contributed by atoms with Crippen molar-refractivity contribution in [2.24, 2.45) is 0 Å². The number of hydrogen-bond donors (Lipinski definition) is 0. The second-order valence-corrected chi connectivity index (χ2v) is 6.36. The molecule has 1 aliphatic heterocycles. The number of methoxy groups -OCH3 is 1. The highest BCUT2D eigenvalue weighted by Gasteiger charge is 2.46. The van der Waals surface area contributed by atoms with Crippen LogP contribution in [0, 0.1) is 0 Å². The van der Waals surface area contributed by atoms with E-state index >= 15 is 0 Å². The molecule has 110 valence electrons. The summed E-state index contributed by atoms with van der Waals surface area (Å²) in [6.07, 6.45) is 3.35. The number of amides is 1. The number of nitrogens with zero attached hydrogens (tertiary/aromatic N) is 2. The molecule has 3 atom stereocenters. The van der Waals surface area contributed by atoms with Gasteiger partial charge in [0.15, 0.2) is 6.29 Å². The number of aromatic nitrogens is 1. The highest BCUT2D eigenvalue weighted by Crippen LogP contribution is 2.37. The zero-order valence-corrected chi connectivity index (χ0v) is 13.0. The minimum Gasteiger partial charge on any atom is -0.423 e. The SMILES string of the molecule is CCC1CC(c2nc(C=O)cs2)CC[N+]1(C)C(=O)OC. The first-order valence-electron chi connectivity index (χ1n) is 6.89. The van der Waals surface area contributed by atoms with Crippen molar-refractivity contribution in [2.75, 3.05) is 20.7 Å². The maximum absolute atomic E-state index is 12.0. The van der Waals surface area contributed by atoms with Gasteiger partial charge >= 0.3 is 6.09 Å². The van der Waals surface area contributed by atoms with Gasteiger partial charge in [-0.2, -0.15) is 4.79 Å². The van der Waals surface area contributed by atoms with Gasteiger partial charge in [0.2, 0.25) is 0 Å². The van der Waals surface area contributed by atoms with Gasteiger partial charge < -0.3 is 4.74 Å². The summed E-state index contributed by atoms with van der Waals surface area (Å²) in [5.74, 6) is 0.342. The predicted octanol–water partition coefficient (Wildman–Crippen LogP) is 2.82. The Hall–Kier alpha value is -1.27. The number of aldehydes is 1. The molecule has 1 aromatic rings. The molecule has 1 saturated heterocycles. The van der Waals surface area contributed by atoms with Gasteiger partial charge in [0.05, 0.1) is 31.8 Å². The fraction of sp³-hybridized carbons (Fsp3) is 0.643. The predicted molar refractivity (Wildman–Crippen MR) is 77.0 cm³/mol. The zero-order chi connectivity index (χ0) is 14.8. The van der Waals surface area contributed by atoms with Crippen molar-refractivity contribution in [3.05, 3.63) is 16.1 Å². The van der Waals surface area contributed by atoms with Crippen molar-refractivity contribution >= 4 is 23.7 Å². The maximum Gasteiger partial charge on any atom is 0.515 e. The van der Waals surface area contributed by atoms with Crippen LogP contribution in [-0.4, -0.2) is 48.6 Å². The molecule has 0 radical (unpaired) electrons. The van der Waals surface area contributed by atoms with E-state index in [0.29, 0.717) is 16.1 Å². The lowest BCUT2D eigenvalue weighted by Gasteiger charge is -2.42. The molecule has 3 unspecified atom stereocenters. The molecule has 1 aliphatic rings. The molecule has 0 spiro atoms. The van der Waals surface area contributed by atoms with Gasteiger partial charge in [0, 0.05) is 24.1 Å². The Balaban J connectivity index is 2.16. The van der Waals surface area contributed by atoms with Crippen LogP contribution in [0.3, 0.4) is 0 Å². The van der Waals surface area contributed by atoms with E-state index in [1.165, 1.54) is 7.11 Å². The number of carbonyl (C=O) groups excluding carboxylic acids is 2. The number of ether oxygens (including phenoxy) is 1. The number of quaternary nitrogens is 1. The second kappa shape index (κ2) is 6.01. The van der Waals surface area contributed by atoms with E-state index < -0.39 is 0 Å². The summed E-state index contributed by atoms with van der Waals surface area (Å²) in [5, 5.41) is 2.81. The van der Waals surface area contributed by atoms with E-state index in [0.717, 1.165) is 37.1 Å². The van der Waals surface area contributed by atoms with Crippen molar-refractivity contribution < 1.29 is 18.8 Å². The molecular formula is C14H21N2O3S+. The highest BCUT2D eigenvalue weighted by molar-refractivity contribution is 7.09. The van der Waals surface area contributed by atoms with Crippen LogP contribution in [-0.2, 0) is 4.74 Å². The van der Waals surface area contributed by atoms with Crippen LogP contribution in [0.1, 0.15) is 47.6 Å². The second-order valence-electron chi connectivity index (χ2n) is 5.47. The topological polar surface area (TPSA) is 56.3 Å². The molecule has 5 nitrogen and oxygen atoms in total. The third kappa shape index (κ3) is 2.62. The quantitative estimate of drug-likeness (QED) is 0.636. The van der Waals surface area contributed by atoms with Gasteiger partial charge in [-0.1, -0.05) is 6.92 Å². The Labute approximate surface area is 123 Å². The van der Waals surface area contributed by atoms with Crippen LogP contribution >= 0.6 is 11.3 Å². The van der Waals surface area contributed by atoms with Gasteiger partial charge in [-0.15, -0.1) is 11.3 Å². The number of carbonyl (C=O) groups is 2. The first-order valence-corrected chi connectivity index (χ1v) is 7.77. The molecule has 0 N–H and O–H groups in total. The van der Waals surface area contributed by atoms with Crippen molar-refractivity contribution in [3.8, 4) is 0 Å². The third-order valence-electron chi connectivity index (χ3n) is 4.38. The average molecular weight is 297 g/mol. The third-order valence-corrected chi connectivity index (χ3v) is 5.40. The smallest absolute Gasteiger partial charge is 0.423 e. The lowest BCUT2D eigenvalue weighted by molar-refractivity contribution is -0.869. The van der Waals surface area contributed by atoms with E-state index in [9.17, 15) is 9.59 Å². The normalized spacial score (nSPS) is 29.9. The monoisotopic (exact) mass is 297 g/mol. The van der Waals surface area contributed by atoms with Gasteiger partial charge in [-0.3, -0.25) is 4.79 Å².